The maximum absolute atomic E-state index is 13.3. The first-order chi connectivity index (χ1) is 15.6. The van der Waals surface area contributed by atoms with Gasteiger partial charge in [-0.05, 0) is 50.1 Å². The predicted molar refractivity (Wildman–Crippen MR) is 128 cm³/mol. The quantitative estimate of drug-likeness (QED) is 0.478. The second kappa shape index (κ2) is 8.67. The summed E-state index contributed by atoms with van der Waals surface area (Å²) in [4.78, 5) is 22.8. The largest absolute Gasteiger partial charge is 0.471 e. The minimum Gasteiger partial charge on any atom is -0.471 e. The summed E-state index contributed by atoms with van der Waals surface area (Å²) >= 11 is 3.52. The number of ether oxygens (including phenoxy) is 2. The van der Waals surface area contributed by atoms with Crippen molar-refractivity contribution in [3.05, 3.63) is 63.0 Å². The fourth-order valence-electron chi connectivity index (χ4n) is 4.16. The number of imidazole rings is 1. The van der Waals surface area contributed by atoms with Gasteiger partial charge >= 0.3 is 5.69 Å². The molecule has 0 N–H and O–H groups in total. The molecule has 1 atom stereocenters. The molecule has 3 heterocycles. The summed E-state index contributed by atoms with van der Waals surface area (Å²) < 4.78 is 16.2. The third kappa shape index (κ3) is 3.93. The van der Waals surface area contributed by atoms with Crippen LogP contribution in [0.3, 0.4) is 0 Å². The van der Waals surface area contributed by atoms with Crippen molar-refractivity contribution < 1.29 is 9.47 Å². The fourth-order valence-corrected chi connectivity index (χ4v) is 4.51. The Hall–Kier alpha value is -2.71. The van der Waals surface area contributed by atoms with E-state index in [0.29, 0.717) is 24.9 Å². The summed E-state index contributed by atoms with van der Waals surface area (Å²) in [5.74, 6) is 1.05. The van der Waals surface area contributed by atoms with Crippen molar-refractivity contribution >= 4 is 39.0 Å². The molecule has 8 heteroatoms. The molecule has 1 aliphatic heterocycles. The fraction of sp³-hybridized carbons (Fsp3) is 0.375. The lowest BCUT2D eigenvalue weighted by Crippen LogP contribution is -2.26. The Balaban J connectivity index is 1.60. The van der Waals surface area contributed by atoms with Gasteiger partial charge in [0.05, 0.1) is 42.0 Å². The van der Waals surface area contributed by atoms with E-state index in [-0.39, 0.29) is 24.4 Å². The lowest BCUT2D eigenvalue weighted by Gasteiger charge is -2.14. The summed E-state index contributed by atoms with van der Waals surface area (Å²) in [5, 5.41) is 0.838. The molecule has 0 bridgehead atoms. The van der Waals surface area contributed by atoms with Crippen molar-refractivity contribution in [2.24, 2.45) is 0 Å². The first kappa shape index (κ1) is 21.2. The second-order valence-corrected chi connectivity index (χ2v) is 9.07. The van der Waals surface area contributed by atoms with E-state index in [2.05, 4.69) is 22.5 Å². The van der Waals surface area contributed by atoms with Crippen LogP contribution in [-0.2, 0) is 11.3 Å². The Morgan fingerprint density at radius 1 is 1.28 bits per heavy atom. The molecular formula is C24H25BrN4O3. The number of halogens is 1. The third-order valence-corrected chi connectivity index (χ3v) is 6.31. The van der Waals surface area contributed by atoms with Crippen LogP contribution < -0.4 is 10.4 Å². The monoisotopic (exact) mass is 496 g/mol. The van der Waals surface area contributed by atoms with Crippen molar-refractivity contribution in [1.29, 1.82) is 0 Å². The van der Waals surface area contributed by atoms with Crippen LogP contribution in [0.25, 0.3) is 23.1 Å². The number of hydrogen-bond acceptors (Lipinski definition) is 5. The van der Waals surface area contributed by atoms with Crippen LogP contribution >= 0.6 is 15.9 Å². The van der Waals surface area contributed by atoms with Crippen LogP contribution in [0.2, 0.25) is 0 Å². The molecule has 166 valence electrons. The van der Waals surface area contributed by atoms with Crippen molar-refractivity contribution in [3.8, 4) is 5.88 Å². The van der Waals surface area contributed by atoms with Crippen LogP contribution in [-0.4, -0.2) is 38.4 Å². The molecule has 2 aliphatic rings. The summed E-state index contributed by atoms with van der Waals surface area (Å²) in [6.45, 7) is 7.39. The zero-order valence-electron chi connectivity index (χ0n) is 18.0. The van der Waals surface area contributed by atoms with Crippen molar-refractivity contribution in [1.82, 2.24) is 19.1 Å². The smallest absolute Gasteiger partial charge is 0.329 e. The molecule has 1 unspecified atom stereocenters. The summed E-state index contributed by atoms with van der Waals surface area (Å²) in [7, 11) is 0. The van der Waals surface area contributed by atoms with E-state index in [1.54, 1.807) is 10.6 Å². The SMILES string of the molecule is C=Cc1c(/C=C\C)n(C2CC2)c(=O)n1Cc1nc(OC2CCOC2)c2ccc(Br)cc2n1. The molecule has 0 radical (unpaired) electrons. The molecule has 0 spiro atoms. The normalized spacial score (nSPS) is 18.6. The zero-order valence-corrected chi connectivity index (χ0v) is 19.5. The van der Waals surface area contributed by atoms with Crippen molar-refractivity contribution in [3.63, 3.8) is 0 Å². The van der Waals surface area contributed by atoms with Gasteiger partial charge in [0, 0.05) is 16.9 Å². The molecule has 2 fully saturated rings. The average molecular weight is 497 g/mol. The molecule has 1 saturated heterocycles. The van der Waals surface area contributed by atoms with E-state index in [9.17, 15) is 4.79 Å². The first-order valence-corrected chi connectivity index (χ1v) is 11.7. The zero-order chi connectivity index (χ0) is 22.2. The minimum atomic E-state index is -0.0555. The molecule has 1 saturated carbocycles. The van der Waals surface area contributed by atoms with Gasteiger partial charge in [-0.2, -0.15) is 4.98 Å². The van der Waals surface area contributed by atoms with Crippen molar-refractivity contribution in [2.75, 3.05) is 13.2 Å². The molecule has 7 nitrogen and oxygen atoms in total. The highest BCUT2D eigenvalue weighted by atomic mass is 79.9. The highest BCUT2D eigenvalue weighted by Crippen LogP contribution is 2.36. The molecule has 5 rings (SSSR count). The van der Waals surface area contributed by atoms with Gasteiger partial charge in [0.1, 0.15) is 6.10 Å². The van der Waals surface area contributed by atoms with E-state index in [0.717, 1.165) is 46.0 Å². The highest BCUT2D eigenvalue weighted by Gasteiger charge is 2.30. The van der Waals surface area contributed by atoms with Crippen LogP contribution in [0.4, 0.5) is 0 Å². The molecule has 1 aromatic carbocycles. The van der Waals surface area contributed by atoms with Gasteiger partial charge in [0.25, 0.3) is 0 Å². The number of fused-ring (bicyclic) bond motifs is 1. The Kier molecular flexibility index (Phi) is 5.73. The van der Waals surface area contributed by atoms with E-state index >= 15 is 0 Å². The van der Waals surface area contributed by atoms with Gasteiger partial charge < -0.3 is 9.47 Å². The Bertz CT molecular complexity index is 1270. The van der Waals surface area contributed by atoms with Crippen molar-refractivity contribution in [2.45, 2.75) is 44.9 Å². The number of aromatic nitrogens is 4. The molecule has 1 aliphatic carbocycles. The Labute approximate surface area is 194 Å². The predicted octanol–water partition coefficient (Wildman–Crippen LogP) is 4.58. The van der Waals surface area contributed by atoms with Gasteiger partial charge in [-0.3, -0.25) is 9.13 Å². The number of hydrogen-bond donors (Lipinski definition) is 0. The Morgan fingerprint density at radius 3 is 2.81 bits per heavy atom. The van der Waals surface area contributed by atoms with E-state index < -0.39 is 0 Å². The maximum atomic E-state index is 13.3. The Morgan fingerprint density at radius 2 is 2.12 bits per heavy atom. The maximum Gasteiger partial charge on any atom is 0.329 e. The van der Waals surface area contributed by atoms with Gasteiger partial charge in [-0.25, -0.2) is 9.78 Å². The number of benzene rings is 1. The minimum absolute atomic E-state index is 0.0340. The van der Waals surface area contributed by atoms with Crippen LogP contribution in [0.1, 0.15) is 49.4 Å². The first-order valence-electron chi connectivity index (χ1n) is 10.9. The molecule has 3 aromatic rings. The van der Waals surface area contributed by atoms with Crippen LogP contribution in [0.15, 0.2) is 40.1 Å². The lowest BCUT2D eigenvalue weighted by atomic mass is 10.2. The average Bonchev–Trinajstić information content (AvgIpc) is 3.41. The van der Waals surface area contributed by atoms with E-state index in [1.807, 2.05) is 41.8 Å². The van der Waals surface area contributed by atoms with Gasteiger partial charge in [-0.15, -0.1) is 0 Å². The van der Waals surface area contributed by atoms with E-state index in [4.69, 9.17) is 19.4 Å². The summed E-state index contributed by atoms with van der Waals surface area (Å²) in [6, 6.07) is 6.09. The van der Waals surface area contributed by atoms with Gasteiger partial charge in [0.2, 0.25) is 5.88 Å². The molecular weight excluding hydrogens is 472 g/mol. The lowest BCUT2D eigenvalue weighted by molar-refractivity contribution is 0.139. The highest BCUT2D eigenvalue weighted by molar-refractivity contribution is 9.10. The molecule has 2 aromatic heterocycles. The number of allylic oxidation sites excluding steroid dienone is 1. The van der Waals surface area contributed by atoms with Gasteiger partial charge in [0.15, 0.2) is 5.82 Å². The molecule has 32 heavy (non-hydrogen) atoms. The third-order valence-electron chi connectivity index (χ3n) is 5.82. The van der Waals surface area contributed by atoms with Crippen LogP contribution in [0.5, 0.6) is 5.88 Å². The van der Waals surface area contributed by atoms with Crippen LogP contribution in [0, 0.1) is 0 Å². The number of nitrogens with zero attached hydrogens (tertiary/aromatic N) is 4. The molecule has 0 amide bonds. The summed E-state index contributed by atoms with van der Waals surface area (Å²) in [6.07, 6.45) is 8.49. The van der Waals surface area contributed by atoms with E-state index in [1.165, 1.54) is 0 Å². The topological polar surface area (TPSA) is 71.2 Å². The number of rotatable bonds is 7. The standard InChI is InChI=1S/C24H25BrN4O3/c1-3-5-21-20(4-2)28(24(30)29(21)16-7-8-16)13-22-26-19-12-15(25)6-9-18(19)23(27-22)32-17-10-11-31-14-17/h3-6,9,12,16-17H,2,7-8,10-11,13-14H2,1H3/b5-3-. The summed E-state index contributed by atoms with van der Waals surface area (Å²) in [5.41, 5.74) is 2.38. The second-order valence-electron chi connectivity index (χ2n) is 8.15. The van der Waals surface area contributed by atoms with Gasteiger partial charge in [-0.1, -0.05) is 28.6 Å².